The summed E-state index contributed by atoms with van der Waals surface area (Å²) >= 11 is 0. The molecule has 8 heteroatoms. The number of aliphatic carboxylic acids is 1. The first-order chi connectivity index (χ1) is 8.88. The molecule has 0 spiro atoms. The van der Waals surface area contributed by atoms with E-state index in [1.165, 1.54) is 0 Å². The lowest BCUT2D eigenvalue weighted by atomic mass is 10.2. The number of hydrogen-bond acceptors (Lipinski definition) is 4. The maximum Gasteiger partial charge on any atom is 0.414 e. The van der Waals surface area contributed by atoms with Gasteiger partial charge in [-0.1, -0.05) is 20.8 Å². The Labute approximate surface area is 118 Å². The van der Waals surface area contributed by atoms with Gasteiger partial charge in [-0.3, -0.25) is 4.79 Å². The second-order valence-corrected chi connectivity index (χ2v) is 11.2. The summed E-state index contributed by atoms with van der Waals surface area (Å²) in [5.41, 5.74) is 0. The molecule has 0 aliphatic carbocycles. The van der Waals surface area contributed by atoms with Gasteiger partial charge in [-0.2, -0.15) is 0 Å². The number of hydrogen-bond donors (Lipinski definition) is 2. The van der Waals surface area contributed by atoms with Crippen LogP contribution in [-0.2, 0) is 14.0 Å². The molecule has 1 fully saturated rings. The highest BCUT2D eigenvalue weighted by Gasteiger charge is 2.51. The van der Waals surface area contributed by atoms with Gasteiger partial charge in [-0.05, 0) is 18.1 Å². The normalized spacial score (nSPS) is 24.1. The summed E-state index contributed by atoms with van der Waals surface area (Å²) in [5.74, 6) is -2.11. The molecule has 1 aliphatic heterocycles. The van der Waals surface area contributed by atoms with E-state index in [0.717, 1.165) is 0 Å². The molecule has 1 heterocycles. The lowest BCUT2D eigenvalue weighted by Gasteiger charge is -2.37. The predicted molar refractivity (Wildman–Crippen MR) is 73.0 cm³/mol. The van der Waals surface area contributed by atoms with Crippen LogP contribution in [0.5, 0.6) is 0 Å². The molecule has 2 amide bonds. The van der Waals surface area contributed by atoms with Gasteiger partial charge in [-0.25, -0.2) is 14.5 Å². The smallest absolute Gasteiger partial charge is 0.414 e. The monoisotopic (exact) mass is 303 g/mol. The van der Waals surface area contributed by atoms with E-state index in [1.54, 1.807) is 0 Å². The van der Waals surface area contributed by atoms with Crippen molar-refractivity contribution in [2.75, 3.05) is 0 Å². The third-order valence-electron chi connectivity index (χ3n) is 4.00. The van der Waals surface area contributed by atoms with Crippen LogP contribution in [0.2, 0.25) is 18.1 Å². The predicted octanol–water partition coefficient (Wildman–Crippen LogP) is 1.74. The SMILES string of the molecule is CC(C)(C)[Si](C)(C)O[C@H]1CC(C(=O)O)N(C(=O)O)C1=O. The van der Waals surface area contributed by atoms with Gasteiger partial charge < -0.3 is 14.6 Å². The molecule has 0 aromatic rings. The van der Waals surface area contributed by atoms with Crippen molar-refractivity contribution in [3.05, 3.63) is 0 Å². The summed E-state index contributed by atoms with van der Waals surface area (Å²) in [5, 5.41) is 17.9. The van der Waals surface area contributed by atoms with Gasteiger partial charge in [0.1, 0.15) is 12.1 Å². The molecule has 0 radical (unpaired) electrons. The molecule has 1 rings (SSSR count). The largest absolute Gasteiger partial charge is 0.480 e. The van der Waals surface area contributed by atoms with Crippen LogP contribution in [0.3, 0.4) is 0 Å². The Kier molecular flexibility index (Phi) is 4.30. The Morgan fingerprint density at radius 1 is 1.30 bits per heavy atom. The molecule has 1 unspecified atom stereocenters. The van der Waals surface area contributed by atoms with Crippen LogP contribution >= 0.6 is 0 Å². The number of carboxylic acids is 1. The summed E-state index contributed by atoms with van der Waals surface area (Å²) in [6.45, 7) is 9.83. The number of carbonyl (C=O) groups is 3. The topological polar surface area (TPSA) is 104 Å². The first kappa shape index (κ1) is 16.6. The number of carbonyl (C=O) groups excluding carboxylic acids is 1. The molecule has 0 bridgehead atoms. The summed E-state index contributed by atoms with van der Waals surface area (Å²) in [4.78, 5) is 34.5. The van der Waals surface area contributed by atoms with Gasteiger partial charge in [-0.15, -0.1) is 0 Å². The average molecular weight is 303 g/mol. The van der Waals surface area contributed by atoms with Gasteiger partial charge in [0.15, 0.2) is 8.32 Å². The van der Waals surface area contributed by atoms with E-state index < -0.39 is 38.4 Å². The number of likely N-dealkylation sites (tertiary alicyclic amines) is 1. The van der Waals surface area contributed by atoms with Crippen LogP contribution in [-0.4, -0.2) is 53.5 Å². The maximum absolute atomic E-state index is 12.0. The van der Waals surface area contributed by atoms with E-state index >= 15 is 0 Å². The zero-order valence-corrected chi connectivity index (χ0v) is 13.3. The zero-order valence-electron chi connectivity index (χ0n) is 12.3. The van der Waals surface area contributed by atoms with Crippen molar-refractivity contribution in [1.29, 1.82) is 0 Å². The van der Waals surface area contributed by atoms with Crippen LogP contribution in [0.25, 0.3) is 0 Å². The molecule has 114 valence electrons. The first-order valence-corrected chi connectivity index (χ1v) is 9.26. The lowest BCUT2D eigenvalue weighted by Crippen LogP contribution is -2.47. The Bertz CT molecular complexity index is 442. The van der Waals surface area contributed by atoms with Crippen LogP contribution in [0.1, 0.15) is 27.2 Å². The van der Waals surface area contributed by atoms with Gasteiger partial charge in [0.25, 0.3) is 5.91 Å². The summed E-state index contributed by atoms with van der Waals surface area (Å²) < 4.78 is 5.86. The number of carboxylic acid groups (broad SMARTS) is 2. The van der Waals surface area contributed by atoms with E-state index in [1.807, 2.05) is 33.9 Å². The quantitative estimate of drug-likeness (QED) is 0.770. The van der Waals surface area contributed by atoms with Crippen molar-refractivity contribution in [2.45, 2.75) is 57.5 Å². The molecule has 1 aliphatic rings. The fourth-order valence-electron chi connectivity index (χ4n) is 1.79. The third kappa shape index (κ3) is 3.01. The second kappa shape index (κ2) is 5.17. The fourth-order valence-corrected chi connectivity index (χ4v) is 3.05. The van der Waals surface area contributed by atoms with Crippen molar-refractivity contribution < 1.29 is 29.0 Å². The fraction of sp³-hybridized carbons (Fsp3) is 0.750. The van der Waals surface area contributed by atoms with Crippen molar-refractivity contribution in [1.82, 2.24) is 4.90 Å². The van der Waals surface area contributed by atoms with E-state index in [9.17, 15) is 14.4 Å². The van der Waals surface area contributed by atoms with E-state index in [0.29, 0.717) is 4.90 Å². The standard InChI is InChI=1S/C12H21NO6Si/c1-12(2,3)20(4,5)19-8-6-7(10(15)16)13(9(8)14)11(17)18/h7-8H,6H2,1-5H3,(H,15,16)(H,17,18)/t7?,8-/m0/s1. The minimum Gasteiger partial charge on any atom is -0.480 e. The molecule has 0 aromatic carbocycles. The summed E-state index contributed by atoms with van der Waals surface area (Å²) in [6, 6.07) is -1.37. The molecule has 0 saturated carbocycles. The van der Waals surface area contributed by atoms with Gasteiger partial charge in [0.2, 0.25) is 0 Å². The van der Waals surface area contributed by atoms with Crippen LogP contribution in [0, 0.1) is 0 Å². The molecule has 7 nitrogen and oxygen atoms in total. The lowest BCUT2D eigenvalue weighted by molar-refractivity contribution is -0.145. The second-order valence-electron chi connectivity index (χ2n) is 6.45. The maximum atomic E-state index is 12.0. The van der Waals surface area contributed by atoms with Gasteiger partial charge in [0, 0.05) is 6.42 Å². The van der Waals surface area contributed by atoms with Gasteiger partial charge in [0.05, 0.1) is 0 Å². The van der Waals surface area contributed by atoms with Crippen molar-refractivity contribution >= 4 is 26.3 Å². The van der Waals surface area contributed by atoms with E-state index in [4.69, 9.17) is 14.6 Å². The minimum absolute atomic E-state index is 0.132. The Balaban J connectivity index is 2.98. The summed E-state index contributed by atoms with van der Waals surface area (Å²) in [7, 11) is -2.27. The number of nitrogens with zero attached hydrogens (tertiary/aromatic N) is 1. The Morgan fingerprint density at radius 2 is 1.80 bits per heavy atom. The van der Waals surface area contributed by atoms with Crippen LogP contribution in [0.15, 0.2) is 0 Å². The molecular formula is C12H21NO6Si. The van der Waals surface area contributed by atoms with Crippen molar-refractivity contribution in [3.63, 3.8) is 0 Å². The summed E-state index contributed by atoms with van der Waals surface area (Å²) in [6.07, 6.45) is -2.68. The average Bonchev–Trinajstić information content (AvgIpc) is 2.54. The minimum atomic E-state index is -2.27. The van der Waals surface area contributed by atoms with Crippen LogP contribution < -0.4 is 0 Å². The third-order valence-corrected chi connectivity index (χ3v) is 8.48. The van der Waals surface area contributed by atoms with E-state index in [-0.39, 0.29) is 11.5 Å². The first-order valence-electron chi connectivity index (χ1n) is 6.35. The Hall–Kier alpha value is -1.41. The zero-order chi connectivity index (χ0) is 15.9. The highest BCUT2D eigenvalue weighted by atomic mass is 28.4. The number of rotatable bonds is 3. The molecule has 2 atom stereocenters. The molecule has 0 aromatic heterocycles. The van der Waals surface area contributed by atoms with Crippen molar-refractivity contribution in [2.24, 2.45) is 0 Å². The van der Waals surface area contributed by atoms with E-state index in [2.05, 4.69) is 0 Å². The molecule has 1 saturated heterocycles. The van der Waals surface area contributed by atoms with Crippen LogP contribution in [0.4, 0.5) is 4.79 Å². The molecular weight excluding hydrogens is 282 g/mol. The number of amides is 2. The molecule has 20 heavy (non-hydrogen) atoms. The number of imide groups is 1. The highest BCUT2D eigenvalue weighted by Crippen LogP contribution is 2.39. The highest BCUT2D eigenvalue weighted by molar-refractivity contribution is 6.74. The van der Waals surface area contributed by atoms with Gasteiger partial charge >= 0.3 is 12.1 Å². The van der Waals surface area contributed by atoms with Crippen molar-refractivity contribution in [3.8, 4) is 0 Å². The Morgan fingerprint density at radius 3 is 2.10 bits per heavy atom. The molecule has 2 N–H and O–H groups in total.